The van der Waals surface area contributed by atoms with E-state index in [0.717, 1.165) is 5.69 Å². The summed E-state index contributed by atoms with van der Waals surface area (Å²) in [5, 5.41) is 10.9. The third-order valence-corrected chi connectivity index (χ3v) is 4.70. The van der Waals surface area contributed by atoms with Crippen molar-refractivity contribution in [1.82, 2.24) is 9.97 Å². The van der Waals surface area contributed by atoms with Crippen molar-refractivity contribution in [3.05, 3.63) is 54.1 Å². The summed E-state index contributed by atoms with van der Waals surface area (Å²) in [5.74, 6) is -0.310. The van der Waals surface area contributed by atoms with Crippen LogP contribution >= 0.6 is 0 Å². The van der Waals surface area contributed by atoms with Crippen molar-refractivity contribution in [3.8, 4) is 0 Å². The summed E-state index contributed by atoms with van der Waals surface area (Å²) >= 11 is 0. The topological polar surface area (TPSA) is 75.2 Å². The van der Waals surface area contributed by atoms with Crippen LogP contribution in [0.3, 0.4) is 0 Å². The van der Waals surface area contributed by atoms with Crippen LogP contribution in [0.25, 0.3) is 0 Å². The number of aromatic nitrogens is 2. The summed E-state index contributed by atoms with van der Waals surface area (Å²) in [7, 11) is 0. The third kappa shape index (κ3) is 3.15. The summed E-state index contributed by atoms with van der Waals surface area (Å²) in [6, 6.07) is 9.00. The molecule has 1 heterocycles. The molecule has 1 aromatic heterocycles. The van der Waals surface area contributed by atoms with Crippen molar-refractivity contribution in [1.29, 1.82) is 0 Å². The van der Waals surface area contributed by atoms with Gasteiger partial charge in [0.2, 0.25) is 0 Å². The van der Waals surface area contributed by atoms with E-state index in [2.05, 4.69) is 9.97 Å². The van der Waals surface area contributed by atoms with Gasteiger partial charge < -0.3 is 14.8 Å². The molecule has 0 spiro atoms. The molecule has 1 aliphatic carbocycles. The molecule has 0 unspecified atom stereocenters. The molecule has 0 bridgehead atoms. The van der Waals surface area contributed by atoms with E-state index in [-0.39, 0.29) is 17.5 Å². The van der Waals surface area contributed by atoms with Gasteiger partial charge in [-0.2, -0.15) is 0 Å². The number of benzene rings is 1. The number of hydrogen-bond donors (Lipinski definition) is 2. The fraction of sp³-hybridized carbons (Fsp3) is 0.444. The third-order valence-electron chi connectivity index (χ3n) is 4.70. The fourth-order valence-corrected chi connectivity index (χ4v) is 3.45. The first-order chi connectivity index (χ1) is 10.9. The molecule has 0 radical (unpaired) electrons. The van der Waals surface area contributed by atoms with E-state index in [1.165, 1.54) is 0 Å². The second-order valence-electron chi connectivity index (χ2n) is 6.96. The Bertz CT molecular complexity index is 667. The summed E-state index contributed by atoms with van der Waals surface area (Å²) in [4.78, 5) is 19.3. The monoisotopic (exact) mass is 314 g/mol. The molecule has 1 fully saturated rings. The minimum Gasteiger partial charge on any atom is -0.458 e. The Hall–Kier alpha value is -2.14. The van der Waals surface area contributed by atoms with Gasteiger partial charge in [-0.05, 0) is 31.4 Å². The number of aliphatic hydroxyl groups is 1. The number of carbonyl (C=O) groups excluding carboxylic acids is 1. The highest BCUT2D eigenvalue weighted by atomic mass is 16.5. The van der Waals surface area contributed by atoms with E-state index in [0.29, 0.717) is 24.8 Å². The maximum atomic E-state index is 12.3. The van der Waals surface area contributed by atoms with Crippen LogP contribution in [0.1, 0.15) is 49.2 Å². The van der Waals surface area contributed by atoms with Gasteiger partial charge >= 0.3 is 5.97 Å². The SMILES string of the molecule is CC1(C)C[C@@](O)(c2cnc[nH]2)CC[C@@H]1OC(=O)c1ccccc1. The van der Waals surface area contributed by atoms with Gasteiger partial charge in [-0.3, -0.25) is 0 Å². The van der Waals surface area contributed by atoms with E-state index in [1.54, 1.807) is 24.7 Å². The van der Waals surface area contributed by atoms with Crippen LogP contribution in [0.5, 0.6) is 0 Å². The first-order valence-corrected chi connectivity index (χ1v) is 7.88. The molecule has 1 saturated carbocycles. The number of aromatic amines is 1. The quantitative estimate of drug-likeness (QED) is 0.854. The maximum Gasteiger partial charge on any atom is 0.338 e. The van der Waals surface area contributed by atoms with Crippen LogP contribution in [0.4, 0.5) is 0 Å². The molecule has 0 amide bonds. The number of esters is 1. The summed E-state index contributed by atoms with van der Waals surface area (Å²) < 4.78 is 5.73. The lowest BCUT2D eigenvalue weighted by Crippen LogP contribution is -2.46. The Balaban J connectivity index is 1.73. The molecule has 5 heteroatoms. The fourth-order valence-electron chi connectivity index (χ4n) is 3.45. The number of ether oxygens (including phenoxy) is 1. The zero-order chi connectivity index (χ0) is 16.5. The van der Waals surface area contributed by atoms with Gasteiger partial charge in [0.1, 0.15) is 11.7 Å². The second-order valence-corrected chi connectivity index (χ2v) is 6.96. The minimum absolute atomic E-state index is 0.224. The summed E-state index contributed by atoms with van der Waals surface area (Å²) in [5.41, 5.74) is -0.00538. The predicted octanol–water partition coefficient (Wildman–Crippen LogP) is 3.03. The lowest BCUT2D eigenvalue weighted by atomic mass is 9.67. The normalized spacial score (nSPS) is 26.7. The molecule has 2 N–H and O–H groups in total. The van der Waals surface area contributed by atoms with Gasteiger partial charge in [0.05, 0.1) is 23.8 Å². The summed E-state index contributed by atoms with van der Waals surface area (Å²) in [6.45, 7) is 4.05. The molecule has 2 aromatic rings. The van der Waals surface area contributed by atoms with Crippen LogP contribution in [0, 0.1) is 5.41 Å². The first-order valence-electron chi connectivity index (χ1n) is 7.88. The minimum atomic E-state index is -0.949. The van der Waals surface area contributed by atoms with Gasteiger partial charge in [0.25, 0.3) is 0 Å². The molecular weight excluding hydrogens is 292 g/mol. The maximum absolute atomic E-state index is 12.3. The molecule has 122 valence electrons. The zero-order valence-corrected chi connectivity index (χ0v) is 13.5. The predicted molar refractivity (Wildman–Crippen MR) is 85.8 cm³/mol. The van der Waals surface area contributed by atoms with E-state index in [9.17, 15) is 9.90 Å². The molecule has 2 atom stereocenters. The summed E-state index contributed by atoms with van der Waals surface area (Å²) in [6.07, 6.45) is 4.66. The molecule has 0 aliphatic heterocycles. The number of rotatable bonds is 3. The number of H-pyrrole nitrogens is 1. The van der Waals surface area contributed by atoms with Crippen LogP contribution in [-0.2, 0) is 10.3 Å². The Morgan fingerprint density at radius 2 is 2.09 bits per heavy atom. The number of carbonyl (C=O) groups is 1. The van der Waals surface area contributed by atoms with E-state index in [4.69, 9.17) is 4.74 Å². The molecule has 1 aromatic carbocycles. The Kier molecular flexibility index (Phi) is 3.98. The molecular formula is C18H22N2O3. The molecule has 0 saturated heterocycles. The van der Waals surface area contributed by atoms with Crippen molar-refractivity contribution in [2.24, 2.45) is 5.41 Å². The van der Waals surface area contributed by atoms with Crippen LogP contribution in [0.15, 0.2) is 42.9 Å². The number of imidazole rings is 1. The highest BCUT2D eigenvalue weighted by molar-refractivity contribution is 5.89. The van der Waals surface area contributed by atoms with Crippen LogP contribution in [0.2, 0.25) is 0 Å². The first kappa shape index (κ1) is 15.7. The van der Waals surface area contributed by atoms with E-state index >= 15 is 0 Å². The van der Waals surface area contributed by atoms with Gasteiger partial charge in [0.15, 0.2) is 0 Å². The Labute approximate surface area is 135 Å². The molecule has 3 rings (SSSR count). The Morgan fingerprint density at radius 1 is 1.35 bits per heavy atom. The van der Waals surface area contributed by atoms with Crippen molar-refractivity contribution < 1.29 is 14.6 Å². The van der Waals surface area contributed by atoms with Gasteiger partial charge in [0, 0.05) is 5.41 Å². The second kappa shape index (κ2) is 5.81. The van der Waals surface area contributed by atoms with Crippen molar-refractivity contribution in [3.63, 3.8) is 0 Å². The zero-order valence-electron chi connectivity index (χ0n) is 13.5. The van der Waals surface area contributed by atoms with Gasteiger partial charge in [-0.15, -0.1) is 0 Å². The van der Waals surface area contributed by atoms with Crippen LogP contribution < -0.4 is 0 Å². The lowest BCUT2D eigenvalue weighted by molar-refractivity contribution is -0.109. The molecule has 1 aliphatic rings. The van der Waals surface area contributed by atoms with Crippen LogP contribution in [-0.4, -0.2) is 27.1 Å². The molecule has 5 nitrogen and oxygen atoms in total. The van der Waals surface area contributed by atoms with Gasteiger partial charge in [-0.1, -0.05) is 32.0 Å². The van der Waals surface area contributed by atoms with Gasteiger partial charge in [-0.25, -0.2) is 9.78 Å². The Morgan fingerprint density at radius 3 is 2.70 bits per heavy atom. The van der Waals surface area contributed by atoms with Crippen molar-refractivity contribution >= 4 is 5.97 Å². The average Bonchev–Trinajstić information content (AvgIpc) is 3.06. The van der Waals surface area contributed by atoms with Crippen molar-refractivity contribution in [2.75, 3.05) is 0 Å². The number of hydrogen-bond acceptors (Lipinski definition) is 4. The van der Waals surface area contributed by atoms with E-state index in [1.807, 2.05) is 32.0 Å². The molecule has 23 heavy (non-hydrogen) atoms. The van der Waals surface area contributed by atoms with Crippen molar-refractivity contribution in [2.45, 2.75) is 44.8 Å². The smallest absolute Gasteiger partial charge is 0.338 e. The number of nitrogens with one attached hydrogen (secondary N) is 1. The highest BCUT2D eigenvalue weighted by Gasteiger charge is 2.47. The lowest BCUT2D eigenvalue weighted by Gasteiger charge is -2.45. The standard InChI is InChI=1S/C18H22N2O3/c1-17(2)11-18(22,14-10-19-12-20-14)9-8-15(17)23-16(21)13-6-4-3-5-7-13/h3-7,10,12,15,22H,8-9,11H2,1-2H3,(H,19,20)/t15-,18+/m0/s1. The van der Waals surface area contributed by atoms with E-state index < -0.39 is 5.60 Å². The largest absolute Gasteiger partial charge is 0.458 e. The average molecular weight is 314 g/mol. The number of nitrogens with zero attached hydrogens (tertiary/aromatic N) is 1. The highest BCUT2D eigenvalue weighted by Crippen LogP contribution is 2.47.